The third kappa shape index (κ3) is 5.27. The van der Waals surface area contributed by atoms with Crippen LogP contribution in [0.15, 0.2) is 29.3 Å². The summed E-state index contributed by atoms with van der Waals surface area (Å²) >= 11 is 0. The van der Waals surface area contributed by atoms with E-state index < -0.39 is 0 Å². The number of nitrogens with zero attached hydrogens (tertiary/aromatic N) is 2. The minimum absolute atomic E-state index is 0.00730. The molecule has 3 N–H and O–H groups in total. The Kier molecular flexibility index (Phi) is 6.91. The van der Waals surface area contributed by atoms with Gasteiger partial charge < -0.3 is 16.0 Å². The van der Waals surface area contributed by atoms with E-state index in [-0.39, 0.29) is 12.5 Å². The van der Waals surface area contributed by atoms with E-state index in [1.807, 2.05) is 23.1 Å². The number of rotatable bonds is 7. The molecule has 126 valence electrons. The molecule has 0 fully saturated rings. The Morgan fingerprint density at radius 3 is 2.96 bits per heavy atom. The number of aliphatic imine (C=N–C) groups is 1. The first-order valence-electron chi connectivity index (χ1n) is 8.64. The summed E-state index contributed by atoms with van der Waals surface area (Å²) in [5, 5.41) is 3.08. The predicted octanol–water partition coefficient (Wildman–Crippen LogP) is 2.45. The number of guanidine groups is 1. The zero-order valence-electron chi connectivity index (χ0n) is 14.1. The smallest absolute Gasteiger partial charge is 0.248 e. The molecule has 0 aliphatic carbocycles. The molecule has 1 heterocycles. The minimum Gasteiger partial charge on any atom is -0.370 e. The van der Waals surface area contributed by atoms with Gasteiger partial charge >= 0.3 is 0 Å². The molecule has 1 aromatic rings. The molecule has 0 unspecified atom stereocenters. The number of unbranched alkanes of at least 4 members (excludes halogenated alkanes) is 3. The van der Waals surface area contributed by atoms with E-state index in [4.69, 9.17) is 5.73 Å². The maximum absolute atomic E-state index is 12.4. The summed E-state index contributed by atoms with van der Waals surface area (Å²) in [6, 6.07) is 8.08. The number of para-hydroxylation sites is 1. The molecule has 23 heavy (non-hydrogen) atoms. The molecular weight excluding hydrogens is 288 g/mol. The largest absolute Gasteiger partial charge is 0.370 e. The monoisotopic (exact) mass is 316 g/mol. The van der Waals surface area contributed by atoms with Gasteiger partial charge in [0.15, 0.2) is 5.96 Å². The van der Waals surface area contributed by atoms with Crippen LogP contribution in [0.25, 0.3) is 0 Å². The number of anilines is 1. The third-order valence-electron chi connectivity index (χ3n) is 4.13. The van der Waals surface area contributed by atoms with E-state index in [1.54, 1.807) is 0 Å². The van der Waals surface area contributed by atoms with Crippen molar-refractivity contribution < 1.29 is 4.79 Å². The molecule has 0 radical (unpaired) electrons. The van der Waals surface area contributed by atoms with Crippen LogP contribution in [0.4, 0.5) is 5.69 Å². The minimum atomic E-state index is 0.00730. The summed E-state index contributed by atoms with van der Waals surface area (Å²) in [5.74, 6) is 0.369. The molecule has 1 aromatic carbocycles. The number of carbonyl (C=O) groups excluding carboxylic acids is 1. The van der Waals surface area contributed by atoms with Gasteiger partial charge in [-0.1, -0.05) is 44.4 Å². The highest BCUT2D eigenvalue weighted by molar-refractivity contribution is 5.97. The van der Waals surface area contributed by atoms with Gasteiger partial charge in [0.2, 0.25) is 5.91 Å². The molecule has 5 heteroatoms. The fraction of sp³-hybridized carbons (Fsp3) is 0.556. The lowest BCUT2D eigenvalue weighted by atomic mass is 10.0. The van der Waals surface area contributed by atoms with Crippen molar-refractivity contribution in [2.75, 3.05) is 24.5 Å². The quantitative estimate of drug-likeness (QED) is 0.461. The lowest BCUT2D eigenvalue weighted by molar-refractivity contribution is -0.117. The van der Waals surface area contributed by atoms with Crippen LogP contribution in [-0.4, -0.2) is 31.5 Å². The van der Waals surface area contributed by atoms with Gasteiger partial charge in [-0.15, -0.1) is 0 Å². The molecular formula is C18H28N4O. The van der Waals surface area contributed by atoms with Crippen LogP contribution in [0.1, 0.15) is 44.6 Å². The van der Waals surface area contributed by atoms with Crippen molar-refractivity contribution in [3.05, 3.63) is 29.8 Å². The molecule has 0 saturated heterocycles. The van der Waals surface area contributed by atoms with Crippen molar-refractivity contribution in [3.63, 3.8) is 0 Å². The number of carbonyl (C=O) groups is 1. The molecule has 0 atom stereocenters. The average molecular weight is 316 g/mol. The average Bonchev–Trinajstić information content (AvgIpc) is 2.59. The number of fused-ring (bicyclic) bond motifs is 1. The maximum Gasteiger partial charge on any atom is 0.248 e. The summed E-state index contributed by atoms with van der Waals surface area (Å²) in [7, 11) is 0. The molecule has 1 amide bonds. The number of aryl methyl sites for hydroxylation is 1. The normalized spacial score (nSPS) is 14.5. The SMILES string of the molecule is CCCCCCNC(N)=NCC(=O)N1CCCc2ccccc21. The molecule has 1 aliphatic heterocycles. The predicted molar refractivity (Wildman–Crippen MR) is 95.8 cm³/mol. The second-order valence-corrected chi connectivity index (χ2v) is 5.97. The Hall–Kier alpha value is -2.04. The highest BCUT2D eigenvalue weighted by Crippen LogP contribution is 2.26. The Balaban J connectivity index is 1.82. The number of hydrogen-bond donors (Lipinski definition) is 2. The number of nitrogens with one attached hydrogen (secondary N) is 1. The van der Waals surface area contributed by atoms with Crippen LogP contribution in [0, 0.1) is 0 Å². The van der Waals surface area contributed by atoms with Crippen molar-refractivity contribution in [2.24, 2.45) is 10.7 Å². The number of amides is 1. The second-order valence-electron chi connectivity index (χ2n) is 5.97. The van der Waals surface area contributed by atoms with Gasteiger partial charge in [0.25, 0.3) is 0 Å². The maximum atomic E-state index is 12.4. The van der Waals surface area contributed by atoms with E-state index >= 15 is 0 Å². The number of nitrogens with two attached hydrogens (primary N) is 1. The van der Waals surface area contributed by atoms with Crippen molar-refractivity contribution >= 4 is 17.6 Å². The molecule has 0 aromatic heterocycles. The molecule has 2 rings (SSSR count). The number of hydrogen-bond acceptors (Lipinski definition) is 2. The van der Waals surface area contributed by atoms with Crippen LogP contribution < -0.4 is 16.0 Å². The summed E-state index contributed by atoms with van der Waals surface area (Å²) in [5.41, 5.74) is 8.08. The van der Waals surface area contributed by atoms with Crippen molar-refractivity contribution in [3.8, 4) is 0 Å². The highest BCUT2D eigenvalue weighted by Gasteiger charge is 2.21. The first-order chi connectivity index (χ1) is 11.2. The third-order valence-corrected chi connectivity index (χ3v) is 4.13. The Morgan fingerprint density at radius 1 is 1.30 bits per heavy atom. The molecule has 1 aliphatic rings. The zero-order valence-corrected chi connectivity index (χ0v) is 14.1. The van der Waals surface area contributed by atoms with Crippen molar-refractivity contribution in [1.82, 2.24) is 5.32 Å². The van der Waals surface area contributed by atoms with Gasteiger partial charge in [0.05, 0.1) is 0 Å². The highest BCUT2D eigenvalue weighted by atomic mass is 16.2. The van der Waals surface area contributed by atoms with E-state index in [0.717, 1.165) is 38.0 Å². The summed E-state index contributed by atoms with van der Waals surface area (Å²) in [6.07, 6.45) is 6.76. The van der Waals surface area contributed by atoms with E-state index in [2.05, 4.69) is 23.3 Å². The standard InChI is InChI=1S/C18H28N4O/c1-2-3-4-7-12-20-18(19)21-14-17(23)22-13-8-10-15-9-5-6-11-16(15)22/h5-6,9,11H,2-4,7-8,10,12-14H2,1H3,(H3,19,20,21). The molecule has 5 nitrogen and oxygen atoms in total. The van der Waals surface area contributed by atoms with Crippen LogP contribution in [0.5, 0.6) is 0 Å². The van der Waals surface area contributed by atoms with Gasteiger partial charge in [0, 0.05) is 18.8 Å². The zero-order chi connectivity index (χ0) is 16.5. The first-order valence-corrected chi connectivity index (χ1v) is 8.64. The fourth-order valence-corrected chi connectivity index (χ4v) is 2.85. The Labute approximate surface area is 139 Å². The molecule has 0 spiro atoms. The van der Waals surface area contributed by atoms with Gasteiger partial charge in [-0.25, -0.2) is 4.99 Å². The summed E-state index contributed by atoms with van der Waals surface area (Å²) < 4.78 is 0. The Morgan fingerprint density at radius 2 is 2.13 bits per heavy atom. The summed E-state index contributed by atoms with van der Waals surface area (Å²) in [4.78, 5) is 18.4. The van der Waals surface area contributed by atoms with Crippen LogP contribution in [0.2, 0.25) is 0 Å². The van der Waals surface area contributed by atoms with Gasteiger partial charge in [-0.2, -0.15) is 0 Å². The number of benzene rings is 1. The van der Waals surface area contributed by atoms with Crippen LogP contribution >= 0.6 is 0 Å². The van der Waals surface area contributed by atoms with Gasteiger partial charge in [-0.05, 0) is 30.9 Å². The van der Waals surface area contributed by atoms with E-state index in [9.17, 15) is 4.79 Å². The lowest BCUT2D eigenvalue weighted by Crippen LogP contribution is -2.38. The Bertz CT molecular complexity index is 542. The van der Waals surface area contributed by atoms with Gasteiger partial charge in [0.1, 0.15) is 6.54 Å². The molecule has 0 saturated carbocycles. The summed E-state index contributed by atoms with van der Waals surface area (Å²) in [6.45, 7) is 3.86. The topological polar surface area (TPSA) is 70.7 Å². The van der Waals surface area contributed by atoms with Crippen molar-refractivity contribution in [1.29, 1.82) is 0 Å². The molecule has 0 bridgehead atoms. The fourth-order valence-electron chi connectivity index (χ4n) is 2.85. The first kappa shape index (κ1) is 17.3. The second kappa shape index (κ2) is 9.18. The van der Waals surface area contributed by atoms with Crippen molar-refractivity contribution in [2.45, 2.75) is 45.4 Å². The van der Waals surface area contributed by atoms with Crippen LogP contribution in [-0.2, 0) is 11.2 Å². The van der Waals surface area contributed by atoms with Gasteiger partial charge in [-0.3, -0.25) is 4.79 Å². The van der Waals surface area contributed by atoms with E-state index in [1.165, 1.54) is 24.8 Å². The van der Waals surface area contributed by atoms with Crippen LogP contribution in [0.3, 0.4) is 0 Å². The van der Waals surface area contributed by atoms with E-state index in [0.29, 0.717) is 5.96 Å². The lowest BCUT2D eigenvalue weighted by Gasteiger charge is -2.29.